The number of hydrogen-bond acceptors (Lipinski definition) is 5. The van der Waals surface area contributed by atoms with E-state index in [4.69, 9.17) is 0 Å². The lowest BCUT2D eigenvalue weighted by molar-refractivity contribution is 0.332. The standard InChI is InChI=1S/C16H19N3S2/c1-18-16(11-17)9-4-5-12(16)8-10-20-15-19-13-6-2-3-7-14(13)21-15/h2-3,6-7,12,18H,4-5,8-10H2,1H3. The maximum absolute atomic E-state index is 9.47. The maximum Gasteiger partial charge on any atom is 0.151 e. The number of hydrogen-bond donors (Lipinski definition) is 1. The minimum atomic E-state index is -0.297. The Morgan fingerprint density at radius 1 is 1.52 bits per heavy atom. The van der Waals surface area contributed by atoms with Gasteiger partial charge < -0.3 is 5.32 Å². The molecule has 2 atom stereocenters. The van der Waals surface area contributed by atoms with Crippen LogP contribution in [0.5, 0.6) is 0 Å². The Morgan fingerprint density at radius 3 is 3.14 bits per heavy atom. The first-order valence-corrected chi connectivity index (χ1v) is 9.16. The highest BCUT2D eigenvalue weighted by Crippen LogP contribution is 2.39. The molecule has 3 rings (SSSR count). The zero-order chi connectivity index (χ0) is 14.7. The molecule has 2 unspecified atom stereocenters. The predicted molar refractivity (Wildman–Crippen MR) is 89.7 cm³/mol. The van der Waals surface area contributed by atoms with Gasteiger partial charge in [0.05, 0.1) is 16.3 Å². The molecule has 110 valence electrons. The first kappa shape index (κ1) is 14.8. The van der Waals surface area contributed by atoms with Gasteiger partial charge in [0.2, 0.25) is 0 Å². The van der Waals surface area contributed by atoms with Gasteiger partial charge in [0.1, 0.15) is 5.54 Å². The van der Waals surface area contributed by atoms with Crippen LogP contribution in [0.4, 0.5) is 0 Å². The molecule has 1 saturated carbocycles. The van der Waals surface area contributed by atoms with E-state index in [1.54, 1.807) is 11.3 Å². The van der Waals surface area contributed by atoms with E-state index in [1.165, 1.54) is 4.70 Å². The van der Waals surface area contributed by atoms with Gasteiger partial charge in [-0.1, -0.05) is 30.3 Å². The van der Waals surface area contributed by atoms with Gasteiger partial charge >= 0.3 is 0 Å². The van der Waals surface area contributed by atoms with Crippen molar-refractivity contribution in [3.05, 3.63) is 24.3 Å². The molecule has 1 heterocycles. The number of thiazole rings is 1. The molecular formula is C16H19N3S2. The number of benzene rings is 1. The number of nitrogens with one attached hydrogen (secondary N) is 1. The third-order valence-electron chi connectivity index (χ3n) is 4.43. The molecule has 2 aromatic rings. The molecule has 0 bridgehead atoms. The lowest BCUT2D eigenvalue weighted by atomic mass is 9.87. The molecule has 0 spiro atoms. The molecule has 0 radical (unpaired) electrons. The zero-order valence-corrected chi connectivity index (χ0v) is 13.8. The molecule has 0 aliphatic heterocycles. The average Bonchev–Trinajstić information content (AvgIpc) is 3.11. The molecular weight excluding hydrogens is 298 g/mol. The summed E-state index contributed by atoms with van der Waals surface area (Å²) in [7, 11) is 1.92. The molecule has 5 heteroatoms. The molecule has 1 fully saturated rings. The van der Waals surface area contributed by atoms with Crippen molar-refractivity contribution >= 4 is 33.3 Å². The summed E-state index contributed by atoms with van der Waals surface area (Å²) in [6, 6.07) is 10.8. The van der Waals surface area contributed by atoms with Crippen LogP contribution < -0.4 is 5.32 Å². The second-order valence-corrected chi connectivity index (χ2v) is 7.88. The van der Waals surface area contributed by atoms with Crippen LogP contribution in [-0.4, -0.2) is 23.3 Å². The highest BCUT2D eigenvalue weighted by atomic mass is 32.2. The van der Waals surface area contributed by atoms with Crippen LogP contribution >= 0.6 is 23.1 Å². The van der Waals surface area contributed by atoms with Gasteiger partial charge in [-0.05, 0) is 44.4 Å². The number of para-hydroxylation sites is 1. The van der Waals surface area contributed by atoms with Gasteiger partial charge in [0.25, 0.3) is 0 Å². The minimum absolute atomic E-state index is 0.297. The summed E-state index contributed by atoms with van der Waals surface area (Å²) < 4.78 is 2.39. The summed E-state index contributed by atoms with van der Waals surface area (Å²) in [5.74, 6) is 1.50. The largest absolute Gasteiger partial charge is 0.302 e. The number of nitriles is 1. The van der Waals surface area contributed by atoms with Crippen molar-refractivity contribution in [3.8, 4) is 6.07 Å². The van der Waals surface area contributed by atoms with Crippen LogP contribution in [0.2, 0.25) is 0 Å². The molecule has 0 saturated heterocycles. The van der Waals surface area contributed by atoms with Crippen molar-refractivity contribution in [1.82, 2.24) is 10.3 Å². The Morgan fingerprint density at radius 2 is 2.38 bits per heavy atom. The van der Waals surface area contributed by atoms with Crippen molar-refractivity contribution in [2.24, 2.45) is 5.92 Å². The number of thioether (sulfide) groups is 1. The van der Waals surface area contributed by atoms with E-state index in [0.29, 0.717) is 5.92 Å². The van der Waals surface area contributed by atoms with E-state index in [0.717, 1.165) is 41.3 Å². The molecule has 0 amide bonds. The first-order valence-electron chi connectivity index (χ1n) is 7.36. The summed E-state index contributed by atoms with van der Waals surface area (Å²) in [4.78, 5) is 4.65. The van der Waals surface area contributed by atoms with Gasteiger partial charge in [-0.2, -0.15) is 5.26 Å². The van der Waals surface area contributed by atoms with E-state index < -0.39 is 0 Å². The lowest BCUT2D eigenvalue weighted by Gasteiger charge is -2.27. The maximum atomic E-state index is 9.47. The Labute approximate surface area is 133 Å². The van der Waals surface area contributed by atoms with Crippen LogP contribution in [0, 0.1) is 17.2 Å². The number of nitrogens with zero attached hydrogens (tertiary/aromatic N) is 2. The van der Waals surface area contributed by atoms with E-state index in [2.05, 4.69) is 34.6 Å². The van der Waals surface area contributed by atoms with Crippen LogP contribution in [0.25, 0.3) is 10.2 Å². The fourth-order valence-corrected chi connectivity index (χ4v) is 5.39. The lowest BCUT2D eigenvalue weighted by Crippen LogP contribution is -2.44. The smallest absolute Gasteiger partial charge is 0.151 e. The van der Waals surface area contributed by atoms with E-state index in [1.807, 2.05) is 24.9 Å². The number of rotatable bonds is 5. The second kappa shape index (κ2) is 6.35. The second-order valence-electron chi connectivity index (χ2n) is 5.51. The Balaban J connectivity index is 1.60. The van der Waals surface area contributed by atoms with Gasteiger partial charge in [-0.3, -0.25) is 0 Å². The topological polar surface area (TPSA) is 48.7 Å². The van der Waals surface area contributed by atoms with Crippen LogP contribution in [0.15, 0.2) is 28.6 Å². The third-order valence-corrected chi connectivity index (χ3v) is 6.65. The predicted octanol–water partition coefficient (Wildman–Crippen LogP) is 4.06. The molecule has 21 heavy (non-hydrogen) atoms. The zero-order valence-electron chi connectivity index (χ0n) is 12.1. The number of aromatic nitrogens is 1. The normalized spacial score (nSPS) is 25.2. The summed E-state index contributed by atoms with van der Waals surface area (Å²) in [6.45, 7) is 0. The molecule has 3 nitrogen and oxygen atoms in total. The molecule has 1 aromatic heterocycles. The van der Waals surface area contributed by atoms with Crippen molar-refractivity contribution in [3.63, 3.8) is 0 Å². The third kappa shape index (κ3) is 2.94. The Hall–Kier alpha value is -1.09. The van der Waals surface area contributed by atoms with Gasteiger partial charge in [0, 0.05) is 5.75 Å². The van der Waals surface area contributed by atoms with Gasteiger partial charge in [-0.15, -0.1) is 11.3 Å². The summed E-state index contributed by atoms with van der Waals surface area (Å²) >= 11 is 3.59. The monoisotopic (exact) mass is 317 g/mol. The summed E-state index contributed by atoms with van der Waals surface area (Å²) in [5, 5.41) is 12.7. The quantitative estimate of drug-likeness (QED) is 0.845. The fourth-order valence-electron chi connectivity index (χ4n) is 3.20. The van der Waals surface area contributed by atoms with Gasteiger partial charge in [0.15, 0.2) is 4.34 Å². The minimum Gasteiger partial charge on any atom is -0.302 e. The number of fused-ring (bicyclic) bond motifs is 1. The first-order chi connectivity index (χ1) is 10.3. The highest BCUT2D eigenvalue weighted by Gasteiger charge is 2.41. The van der Waals surface area contributed by atoms with Crippen molar-refractivity contribution in [2.45, 2.75) is 35.6 Å². The molecule has 1 N–H and O–H groups in total. The van der Waals surface area contributed by atoms with Crippen molar-refractivity contribution < 1.29 is 0 Å². The van der Waals surface area contributed by atoms with Crippen molar-refractivity contribution in [2.75, 3.05) is 12.8 Å². The molecule has 1 aromatic carbocycles. The van der Waals surface area contributed by atoms with E-state index in [9.17, 15) is 5.26 Å². The average molecular weight is 317 g/mol. The Bertz CT molecular complexity index is 628. The Kier molecular flexibility index (Phi) is 4.48. The SMILES string of the molecule is CNC1(C#N)CCCC1CCSc1nc2ccccc2s1. The summed E-state index contributed by atoms with van der Waals surface area (Å²) in [5.41, 5.74) is 0.793. The van der Waals surface area contributed by atoms with Crippen LogP contribution in [0.1, 0.15) is 25.7 Å². The highest BCUT2D eigenvalue weighted by molar-refractivity contribution is 8.01. The molecule has 1 aliphatic rings. The van der Waals surface area contributed by atoms with Gasteiger partial charge in [-0.25, -0.2) is 4.98 Å². The van der Waals surface area contributed by atoms with Crippen LogP contribution in [-0.2, 0) is 0 Å². The molecule has 1 aliphatic carbocycles. The summed E-state index contributed by atoms with van der Waals surface area (Å²) in [6.07, 6.45) is 4.38. The van der Waals surface area contributed by atoms with E-state index in [-0.39, 0.29) is 5.54 Å². The van der Waals surface area contributed by atoms with Crippen LogP contribution in [0.3, 0.4) is 0 Å². The van der Waals surface area contributed by atoms with Crippen molar-refractivity contribution in [1.29, 1.82) is 5.26 Å². The van der Waals surface area contributed by atoms with E-state index >= 15 is 0 Å². The fraction of sp³-hybridized carbons (Fsp3) is 0.500.